The van der Waals surface area contributed by atoms with E-state index in [2.05, 4.69) is 5.32 Å². The summed E-state index contributed by atoms with van der Waals surface area (Å²) in [6.07, 6.45) is -2.99. The Bertz CT molecular complexity index is 552. The Morgan fingerprint density at radius 1 is 1.29 bits per heavy atom. The number of urea groups is 1. The van der Waals surface area contributed by atoms with Crippen molar-refractivity contribution in [3.8, 4) is 0 Å². The molecule has 0 bridgehead atoms. The Morgan fingerprint density at radius 3 is 2.71 bits per heavy atom. The molecule has 0 aliphatic carbocycles. The zero-order valence-corrected chi connectivity index (χ0v) is 11.0. The van der Waals surface area contributed by atoms with Crippen LogP contribution in [0.3, 0.4) is 0 Å². The molecule has 2 aliphatic rings. The second-order valence-corrected chi connectivity index (χ2v) is 4.93. The van der Waals surface area contributed by atoms with Crippen molar-refractivity contribution in [2.24, 2.45) is 0 Å². The zero-order valence-electron chi connectivity index (χ0n) is 11.0. The molecule has 3 rings (SSSR count). The van der Waals surface area contributed by atoms with Crippen LogP contribution in [0, 0.1) is 0 Å². The molecule has 8 nitrogen and oxygen atoms in total. The van der Waals surface area contributed by atoms with Crippen molar-refractivity contribution in [3.63, 3.8) is 0 Å². The van der Waals surface area contributed by atoms with Crippen molar-refractivity contribution in [2.45, 2.75) is 18.2 Å². The standard InChI is InChI=1S/C13H15N3O5/c17-10-6-15(12(19)14-8-4-2-1-3-5-8)16-9(11(10)18)7-21-13(16)20/h1-5,9-11,17-18H,6-7H2,(H,14,19)/t9-,10+,11+/m1/s1. The average Bonchev–Trinajstić information content (AvgIpc) is 2.86. The van der Waals surface area contributed by atoms with E-state index in [1.807, 2.05) is 6.07 Å². The quantitative estimate of drug-likeness (QED) is 0.676. The van der Waals surface area contributed by atoms with Crippen molar-refractivity contribution < 1.29 is 24.5 Å². The molecule has 1 aromatic rings. The van der Waals surface area contributed by atoms with Crippen LogP contribution in [0.25, 0.3) is 0 Å². The van der Waals surface area contributed by atoms with Crippen LogP contribution in [0.5, 0.6) is 0 Å². The number of nitrogens with zero attached hydrogens (tertiary/aromatic N) is 2. The van der Waals surface area contributed by atoms with Gasteiger partial charge in [-0.15, -0.1) is 0 Å². The summed E-state index contributed by atoms with van der Waals surface area (Å²) in [7, 11) is 0. The topological polar surface area (TPSA) is 102 Å². The number of ether oxygens (including phenoxy) is 1. The number of hydrazine groups is 1. The molecule has 3 atom stereocenters. The minimum absolute atomic E-state index is 0.0633. The van der Waals surface area contributed by atoms with Crippen LogP contribution in [-0.4, -0.2) is 63.8 Å². The van der Waals surface area contributed by atoms with Gasteiger partial charge >= 0.3 is 12.1 Å². The summed E-state index contributed by atoms with van der Waals surface area (Å²) in [6, 6.07) is 7.40. The van der Waals surface area contributed by atoms with E-state index in [1.165, 1.54) is 0 Å². The van der Waals surface area contributed by atoms with Crippen molar-refractivity contribution in [1.29, 1.82) is 0 Å². The van der Waals surface area contributed by atoms with E-state index in [-0.39, 0.29) is 13.2 Å². The lowest BCUT2D eigenvalue weighted by atomic mass is 10.0. The number of carbonyl (C=O) groups is 2. The number of hydrogen-bond acceptors (Lipinski definition) is 5. The molecule has 3 N–H and O–H groups in total. The van der Waals surface area contributed by atoms with E-state index >= 15 is 0 Å². The molecule has 0 saturated carbocycles. The van der Waals surface area contributed by atoms with Gasteiger partial charge in [0.05, 0.1) is 6.54 Å². The van der Waals surface area contributed by atoms with Gasteiger partial charge in [0.25, 0.3) is 0 Å². The van der Waals surface area contributed by atoms with Gasteiger partial charge in [0.2, 0.25) is 0 Å². The fourth-order valence-electron chi connectivity index (χ4n) is 2.47. The van der Waals surface area contributed by atoms with Crippen molar-refractivity contribution >= 4 is 17.8 Å². The minimum Gasteiger partial charge on any atom is -0.446 e. The van der Waals surface area contributed by atoms with Crippen LogP contribution < -0.4 is 5.32 Å². The Morgan fingerprint density at radius 2 is 2.00 bits per heavy atom. The molecule has 0 aromatic heterocycles. The summed E-state index contributed by atoms with van der Waals surface area (Å²) >= 11 is 0. The number of cyclic esters (lactones) is 1. The zero-order chi connectivity index (χ0) is 15.0. The van der Waals surface area contributed by atoms with E-state index in [4.69, 9.17) is 4.74 Å². The first kappa shape index (κ1) is 13.7. The number of carbonyl (C=O) groups excluding carboxylic acids is 2. The van der Waals surface area contributed by atoms with Crippen LogP contribution in [0.15, 0.2) is 30.3 Å². The molecule has 8 heteroatoms. The van der Waals surface area contributed by atoms with E-state index in [1.54, 1.807) is 24.3 Å². The number of β-amino-alcohol motifs (C(OH)–C–C–N with tert-alkyl or cyclic N) is 1. The fraction of sp³-hybridized carbons (Fsp3) is 0.385. The fourth-order valence-corrected chi connectivity index (χ4v) is 2.47. The number of benzene rings is 1. The number of nitrogens with one attached hydrogen (secondary N) is 1. The normalized spacial score (nSPS) is 28.1. The summed E-state index contributed by atoms with van der Waals surface area (Å²) in [5, 5.41) is 24.4. The highest BCUT2D eigenvalue weighted by Gasteiger charge is 2.50. The Kier molecular flexibility index (Phi) is 3.40. The van der Waals surface area contributed by atoms with Crippen molar-refractivity contribution in [1.82, 2.24) is 10.0 Å². The van der Waals surface area contributed by atoms with Crippen LogP contribution in [-0.2, 0) is 4.74 Å². The van der Waals surface area contributed by atoms with Gasteiger partial charge in [-0.3, -0.25) is 0 Å². The molecular weight excluding hydrogens is 278 g/mol. The van der Waals surface area contributed by atoms with Crippen molar-refractivity contribution in [2.75, 3.05) is 18.5 Å². The number of para-hydroxylation sites is 1. The van der Waals surface area contributed by atoms with Gasteiger partial charge in [-0.1, -0.05) is 18.2 Å². The number of hydrogen-bond donors (Lipinski definition) is 3. The summed E-state index contributed by atoms with van der Waals surface area (Å²) in [6.45, 7) is -0.252. The van der Waals surface area contributed by atoms with Gasteiger partial charge in [0, 0.05) is 5.69 Å². The number of fused-ring (bicyclic) bond motifs is 1. The van der Waals surface area contributed by atoms with Gasteiger partial charge in [0.15, 0.2) is 0 Å². The molecule has 2 aliphatic heterocycles. The molecule has 2 saturated heterocycles. The molecule has 0 unspecified atom stereocenters. The Balaban J connectivity index is 1.79. The molecule has 0 spiro atoms. The van der Waals surface area contributed by atoms with Gasteiger partial charge < -0.3 is 20.3 Å². The summed E-state index contributed by atoms with van der Waals surface area (Å²) in [5.41, 5.74) is 0.562. The van der Waals surface area contributed by atoms with Crippen molar-refractivity contribution in [3.05, 3.63) is 30.3 Å². The third-order valence-corrected chi connectivity index (χ3v) is 3.55. The van der Waals surface area contributed by atoms with E-state index in [9.17, 15) is 19.8 Å². The molecule has 112 valence electrons. The van der Waals surface area contributed by atoms with E-state index in [0.29, 0.717) is 5.69 Å². The molecular formula is C13H15N3O5. The lowest BCUT2D eigenvalue weighted by molar-refractivity contribution is -0.120. The Hall–Kier alpha value is -2.32. The first-order valence-corrected chi connectivity index (χ1v) is 6.53. The molecule has 1 aromatic carbocycles. The molecule has 2 heterocycles. The van der Waals surface area contributed by atoms with Gasteiger partial charge in [-0.05, 0) is 12.1 Å². The molecule has 2 fully saturated rings. The SMILES string of the molecule is O=C(Nc1ccccc1)N1C[C@H](O)[C@@H](O)[C@H]2COC(=O)N21. The summed E-state index contributed by atoms with van der Waals surface area (Å²) in [4.78, 5) is 24.0. The second kappa shape index (κ2) is 5.23. The maximum Gasteiger partial charge on any atom is 0.429 e. The van der Waals surface area contributed by atoms with Crippen LogP contribution in [0.2, 0.25) is 0 Å². The van der Waals surface area contributed by atoms with Crippen LogP contribution in [0.4, 0.5) is 15.3 Å². The lowest BCUT2D eigenvalue weighted by Crippen LogP contribution is -2.65. The number of rotatable bonds is 1. The number of anilines is 1. The highest BCUT2D eigenvalue weighted by atomic mass is 16.6. The van der Waals surface area contributed by atoms with E-state index < -0.39 is 30.4 Å². The smallest absolute Gasteiger partial charge is 0.429 e. The number of aliphatic hydroxyl groups is 2. The predicted molar refractivity (Wildman–Crippen MR) is 71.2 cm³/mol. The maximum absolute atomic E-state index is 12.3. The third-order valence-electron chi connectivity index (χ3n) is 3.55. The predicted octanol–water partition coefficient (Wildman–Crippen LogP) is -0.00830. The summed E-state index contributed by atoms with van der Waals surface area (Å²) in [5.74, 6) is 0. The number of amides is 3. The van der Waals surface area contributed by atoms with Gasteiger partial charge in [0.1, 0.15) is 24.9 Å². The lowest BCUT2D eigenvalue weighted by Gasteiger charge is -2.42. The molecule has 3 amide bonds. The van der Waals surface area contributed by atoms with Crippen LogP contribution in [0.1, 0.15) is 0 Å². The molecule has 21 heavy (non-hydrogen) atoms. The third kappa shape index (κ3) is 2.39. The first-order chi connectivity index (χ1) is 10.1. The monoisotopic (exact) mass is 293 g/mol. The maximum atomic E-state index is 12.3. The van der Waals surface area contributed by atoms with E-state index in [0.717, 1.165) is 10.0 Å². The van der Waals surface area contributed by atoms with Crippen LogP contribution >= 0.6 is 0 Å². The second-order valence-electron chi connectivity index (χ2n) is 4.93. The largest absolute Gasteiger partial charge is 0.446 e. The summed E-state index contributed by atoms with van der Waals surface area (Å²) < 4.78 is 4.84. The first-order valence-electron chi connectivity index (χ1n) is 6.53. The molecule has 0 radical (unpaired) electrons. The van der Waals surface area contributed by atoms with Gasteiger partial charge in [-0.2, -0.15) is 0 Å². The van der Waals surface area contributed by atoms with Gasteiger partial charge in [-0.25, -0.2) is 19.6 Å². The minimum atomic E-state index is -1.14. The number of aliphatic hydroxyl groups excluding tert-OH is 2. The Labute approximate surface area is 120 Å². The highest BCUT2D eigenvalue weighted by Crippen LogP contribution is 2.26. The highest BCUT2D eigenvalue weighted by molar-refractivity contribution is 5.90. The average molecular weight is 293 g/mol.